The van der Waals surface area contributed by atoms with Crippen LogP contribution < -0.4 is 5.84 Å². The van der Waals surface area contributed by atoms with Gasteiger partial charge in [0.15, 0.2) is 0 Å². The monoisotopic (exact) mass is 99.1 g/mol. The first-order chi connectivity index (χ1) is 3.30. The van der Waals surface area contributed by atoms with Crippen molar-refractivity contribution in [3.63, 3.8) is 0 Å². The normalized spacial score (nSPS) is 20.3. The molecule has 0 atom stereocenters. The van der Waals surface area contributed by atoms with Crippen molar-refractivity contribution >= 4 is 5.84 Å². The standard InChI is InChI=1S/C4H9N3/c1-4-6-2-3-7(4)5/h2-3,5H2,1H3. The molecule has 1 aliphatic rings. The highest BCUT2D eigenvalue weighted by Gasteiger charge is 2.05. The minimum absolute atomic E-state index is 0.863. The number of hydrogen-bond acceptors (Lipinski definition) is 3. The highest BCUT2D eigenvalue weighted by atomic mass is 15.4. The van der Waals surface area contributed by atoms with Gasteiger partial charge < -0.3 is 0 Å². The smallest absolute Gasteiger partial charge is 0.110 e. The predicted octanol–water partition coefficient (Wildman–Crippen LogP) is -0.406. The van der Waals surface area contributed by atoms with Crippen LogP contribution in [-0.2, 0) is 0 Å². The fourth-order valence-corrected chi connectivity index (χ4v) is 0.572. The van der Waals surface area contributed by atoms with Gasteiger partial charge in [0.2, 0.25) is 0 Å². The molecule has 1 rings (SSSR count). The van der Waals surface area contributed by atoms with E-state index in [4.69, 9.17) is 5.84 Å². The second kappa shape index (κ2) is 1.50. The molecule has 0 fully saturated rings. The molecule has 0 radical (unpaired) electrons. The lowest BCUT2D eigenvalue weighted by molar-refractivity contribution is 0.481. The summed E-state index contributed by atoms with van der Waals surface area (Å²) in [5.74, 6) is 6.33. The Bertz CT molecular complexity index is 97.1. The molecular weight excluding hydrogens is 90.1 g/mol. The molecule has 0 bridgehead atoms. The van der Waals surface area contributed by atoms with Crippen LogP contribution in [0.2, 0.25) is 0 Å². The van der Waals surface area contributed by atoms with Gasteiger partial charge in [0, 0.05) is 0 Å². The maximum absolute atomic E-state index is 5.38. The average Bonchev–Trinajstić information content (AvgIpc) is 1.91. The van der Waals surface area contributed by atoms with Gasteiger partial charge in [-0.05, 0) is 6.92 Å². The van der Waals surface area contributed by atoms with E-state index in [1.165, 1.54) is 0 Å². The molecule has 3 heteroatoms. The van der Waals surface area contributed by atoms with Crippen LogP contribution in [0.15, 0.2) is 4.99 Å². The second-order valence-electron chi connectivity index (χ2n) is 1.62. The lowest BCUT2D eigenvalue weighted by Gasteiger charge is -2.06. The van der Waals surface area contributed by atoms with Crippen LogP contribution in [0.1, 0.15) is 6.92 Å². The molecule has 0 unspecified atom stereocenters. The van der Waals surface area contributed by atoms with E-state index in [-0.39, 0.29) is 0 Å². The van der Waals surface area contributed by atoms with Crippen LogP contribution >= 0.6 is 0 Å². The summed E-state index contributed by atoms with van der Waals surface area (Å²) in [5.41, 5.74) is 0. The van der Waals surface area contributed by atoms with Crippen molar-refractivity contribution in [2.45, 2.75) is 6.92 Å². The summed E-state index contributed by atoms with van der Waals surface area (Å²) in [7, 11) is 0. The molecular formula is C4H9N3. The molecule has 0 aromatic rings. The van der Waals surface area contributed by atoms with E-state index in [1.54, 1.807) is 5.01 Å². The summed E-state index contributed by atoms with van der Waals surface area (Å²) in [6, 6.07) is 0. The van der Waals surface area contributed by atoms with Gasteiger partial charge in [0.1, 0.15) is 5.84 Å². The number of nitrogens with two attached hydrogens (primary N) is 1. The topological polar surface area (TPSA) is 41.6 Å². The number of aliphatic imine (C=N–C) groups is 1. The fraction of sp³-hybridized carbons (Fsp3) is 0.750. The van der Waals surface area contributed by atoms with E-state index in [1.807, 2.05) is 6.92 Å². The Hall–Kier alpha value is -0.570. The Morgan fingerprint density at radius 3 is 2.71 bits per heavy atom. The van der Waals surface area contributed by atoms with Crippen LogP contribution in [0.4, 0.5) is 0 Å². The molecule has 3 nitrogen and oxygen atoms in total. The summed E-state index contributed by atoms with van der Waals surface area (Å²) < 4.78 is 0. The molecule has 1 aliphatic heterocycles. The van der Waals surface area contributed by atoms with E-state index in [2.05, 4.69) is 4.99 Å². The minimum Gasteiger partial charge on any atom is -0.297 e. The van der Waals surface area contributed by atoms with Crippen LogP contribution in [0.25, 0.3) is 0 Å². The quantitative estimate of drug-likeness (QED) is 0.420. The number of nitrogens with zero attached hydrogens (tertiary/aromatic N) is 2. The lowest BCUT2D eigenvalue weighted by atomic mass is 10.6. The predicted molar refractivity (Wildman–Crippen MR) is 28.9 cm³/mol. The Morgan fingerprint density at radius 2 is 2.57 bits per heavy atom. The highest BCUT2D eigenvalue weighted by Crippen LogP contribution is 1.91. The highest BCUT2D eigenvalue weighted by molar-refractivity contribution is 5.80. The number of hydrogen-bond donors (Lipinski definition) is 1. The summed E-state index contributed by atoms with van der Waals surface area (Å²) in [4.78, 5) is 4.03. The third-order valence-electron chi connectivity index (χ3n) is 1.10. The fourth-order valence-electron chi connectivity index (χ4n) is 0.572. The van der Waals surface area contributed by atoms with Gasteiger partial charge in [0.25, 0.3) is 0 Å². The van der Waals surface area contributed by atoms with E-state index >= 15 is 0 Å². The Morgan fingerprint density at radius 1 is 1.86 bits per heavy atom. The molecule has 1 heterocycles. The Balaban J connectivity index is 2.54. The van der Waals surface area contributed by atoms with Crippen molar-refractivity contribution in [3.05, 3.63) is 0 Å². The van der Waals surface area contributed by atoms with Crippen molar-refractivity contribution in [3.8, 4) is 0 Å². The molecule has 0 saturated carbocycles. The van der Waals surface area contributed by atoms with Gasteiger partial charge in [-0.3, -0.25) is 10.0 Å². The van der Waals surface area contributed by atoms with Gasteiger partial charge >= 0.3 is 0 Å². The zero-order chi connectivity index (χ0) is 5.28. The third kappa shape index (κ3) is 0.718. The average molecular weight is 99.1 g/mol. The lowest BCUT2D eigenvalue weighted by Crippen LogP contribution is -2.32. The second-order valence-corrected chi connectivity index (χ2v) is 1.62. The Kier molecular flexibility index (Phi) is 0.982. The van der Waals surface area contributed by atoms with Crippen LogP contribution in [0.3, 0.4) is 0 Å². The van der Waals surface area contributed by atoms with E-state index in [0.717, 1.165) is 18.9 Å². The van der Waals surface area contributed by atoms with Gasteiger partial charge in [0.05, 0.1) is 13.1 Å². The summed E-state index contributed by atoms with van der Waals surface area (Å²) in [6.07, 6.45) is 0. The number of hydrazine groups is 1. The van der Waals surface area contributed by atoms with E-state index in [0.29, 0.717) is 0 Å². The van der Waals surface area contributed by atoms with Crippen LogP contribution in [0, 0.1) is 0 Å². The molecule has 0 spiro atoms. The summed E-state index contributed by atoms with van der Waals surface area (Å²) >= 11 is 0. The van der Waals surface area contributed by atoms with Crippen molar-refractivity contribution in [1.82, 2.24) is 5.01 Å². The minimum atomic E-state index is 0.863. The van der Waals surface area contributed by atoms with E-state index in [9.17, 15) is 0 Å². The summed E-state index contributed by atoms with van der Waals surface area (Å²) in [6.45, 7) is 3.65. The van der Waals surface area contributed by atoms with Crippen LogP contribution in [0.5, 0.6) is 0 Å². The molecule has 0 amide bonds. The van der Waals surface area contributed by atoms with E-state index < -0.39 is 0 Å². The largest absolute Gasteiger partial charge is 0.297 e. The zero-order valence-corrected chi connectivity index (χ0v) is 4.39. The van der Waals surface area contributed by atoms with Crippen molar-refractivity contribution in [1.29, 1.82) is 0 Å². The molecule has 40 valence electrons. The SMILES string of the molecule is CC1=NCCN1N. The van der Waals surface area contributed by atoms with Crippen LogP contribution in [-0.4, -0.2) is 23.9 Å². The van der Waals surface area contributed by atoms with Crippen molar-refractivity contribution in [2.24, 2.45) is 10.8 Å². The van der Waals surface area contributed by atoms with Crippen molar-refractivity contribution in [2.75, 3.05) is 13.1 Å². The molecule has 0 saturated heterocycles. The van der Waals surface area contributed by atoms with Crippen molar-refractivity contribution < 1.29 is 0 Å². The van der Waals surface area contributed by atoms with Gasteiger partial charge in [-0.1, -0.05) is 0 Å². The Labute approximate surface area is 42.8 Å². The molecule has 0 aliphatic carbocycles. The first kappa shape index (κ1) is 4.59. The van der Waals surface area contributed by atoms with Gasteiger partial charge in [-0.2, -0.15) is 0 Å². The van der Waals surface area contributed by atoms with Gasteiger partial charge in [-0.25, -0.2) is 5.84 Å². The maximum atomic E-state index is 5.38. The maximum Gasteiger partial charge on any atom is 0.110 e. The number of amidine groups is 1. The number of rotatable bonds is 0. The molecule has 0 aromatic heterocycles. The first-order valence-corrected chi connectivity index (χ1v) is 2.34. The molecule has 7 heavy (non-hydrogen) atoms. The van der Waals surface area contributed by atoms with Gasteiger partial charge in [-0.15, -0.1) is 0 Å². The summed E-state index contributed by atoms with van der Waals surface area (Å²) in [5, 5.41) is 1.65. The third-order valence-corrected chi connectivity index (χ3v) is 1.10. The molecule has 0 aromatic carbocycles. The first-order valence-electron chi connectivity index (χ1n) is 2.34. The molecule has 2 N–H and O–H groups in total. The zero-order valence-electron chi connectivity index (χ0n) is 4.39.